The first-order valence-corrected chi connectivity index (χ1v) is 10.1. The van der Waals surface area contributed by atoms with E-state index < -0.39 is 0 Å². The van der Waals surface area contributed by atoms with E-state index in [4.69, 9.17) is 20.4 Å². The molecule has 0 bridgehead atoms. The molecule has 0 heterocycles. The monoisotopic (exact) mass is 355 g/mol. The molecule has 0 fully saturated rings. The van der Waals surface area contributed by atoms with Gasteiger partial charge in [0.1, 0.15) is 0 Å². The predicted octanol–water partition coefficient (Wildman–Crippen LogP) is 4.72. The summed E-state index contributed by atoms with van der Waals surface area (Å²) >= 11 is 0.569. The standard InChI is InChI=1S/C15H16P.2ClH.Ni/c1-2-13-16(14-9-5-3-6-10-14)15-11-7-4-8-12-15;;;/h3-12H,1-2,13H2;2*1H;/q-1;;;+3/p-2. The van der Waals surface area contributed by atoms with E-state index in [2.05, 4.69) is 67.6 Å². The third-order valence-electron chi connectivity index (χ3n) is 2.52. The molecule has 0 atom stereocenters. The molecule has 105 valence electrons. The van der Waals surface area contributed by atoms with Crippen LogP contribution in [0, 0.1) is 6.92 Å². The molecule has 0 aliphatic rings. The zero-order valence-corrected chi connectivity index (χ0v) is 13.8. The van der Waals surface area contributed by atoms with Gasteiger partial charge in [-0.15, -0.1) is 0 Å². The fraction of sp³-hybridized carbons (Fsp3) is 0.133. The van der Waals surface area contributed by atoms with Crippen molar-refractivity contribution in [1.82, 2.24) is 0 Å². The normalized spacial score (nSPS) is 10.1. The average Bonchev–Trinajstić information content (AvgIpc) is 2.47. The average molecular weight is 357 g/mol. The third kappa shape index (κ3) is 6.28. The van der Waals surface area contributed by atoms with E-state index in [1.165, 1.54) is 16.8 Å². The summed E-state index contributed by atoms with van der Waals surface area (Å²) in [6, 6.07) is 21.6. The Hall–Kier alpha value is -0.0565. The Kier molecular flexibility index (Phi) is 9.57. The first kappa shape index (κ1) is 17.0. The summed E-state index contributed by atoms with van der Waals surface area (Å²) in [6.45, 7) is 3.99. The zero-order chi connectivity index (χ0) is 13.9. The summed E-state index contributed by atoms with van der Waals surface area (Å²) in [5.74, 6) is 0. The number of benzene rings is 2. The molecule has 0 N–H and O–H groups in total. The quantitative estimate of drug-likeness (QED) is 0.422. The number of halogens is 2. The van der Waals surface area contributed by atoms with E-state index in [0.717, 1.165) is 6.42 Å². The molecule has 2 rings (SSSR count). The van der Waals surface area contributed by atoms with Gasteiger partial charge in [-0.25, -0.2) is 0 Å². The van der Waals surface area contributed by atoms with E-state index in [1.807, 2.05) is 0 Å². The predicted molar refractivity (Wildman–Crippen MR) is 85.6 cm³/mol. The molecule has 0 aliphatic carbocycles. The van der Waals surface area contributed by atoms with Crippen LogP contribution in [-0.2, 0) is 12.7 Å². The summed E-state index contributed by atoms with van der Waals surface area (Å²) < 4.78 is 0. The minimum atomic E-state index is -0.213. The van der Waals surface area contributed by atoms with Crippen molar-refractivity contribution >= 4 is 38.9 Å². The fourth-order valence-electron chi connectivity index (χ4n) is 1.78. The van der Waals surface area contributed by atoms with Crippen LogP contribution in [0.4, 0.5) is 0 Å². The van der Waals surface area contributed by atoms with Crippen LogP contribution in [0.3, 0.4) is 0 Å². The summed E-state index contributed by atoms with van der Waals surface area (Å²) in [4.78, 5) is 0. The van der Waals surface area contributed by atoms with Gasteiger partial charge in [0.15, 0.2) is 0 Å². The van der Waals surface area contributed by atoms with Gasteiger partial charge in [0, 0.05) is 0 Å². The van der Waals surface area contributed by atoms with Crippen molar-refractivity contribution in [2.24, 2.45) is 0 Å². The van der Waals surface area contributed by atoms with E-state index in [1.54, 1.807) is 0 Å². The Morgan fingerprint density at radius 3 is 1.53 bits per heavy atom. The fourth-order valence-corrected chi connectivity index (χ4v) is 3.98. The van der Waals surface area contributed by atoms with Crippen LogP contribution in [0.2, 0.25) is 0 Å². The molecule has 4 heteroatoms. The summed E-state index contributed by atoms with van der Waals surface area (Å²) in [5.41, 5.74) is 0. The Labute approximate surface area is 131 Å². The van der Waals surface area contributed by atoms with Crippen molar-refractivity contribution in [3.63, 3.8) is 0 Å². The number of hydrogen-bond donors (Lipinski definition) is 0. The van der Waals surface area contributed by atoms with Gasteiger partial charge in [-0.3, -0.25) is 0 Å². The SMILES string of the molecule is [CH2-]CCP(c1ccccc1)c1ccccc1.[Cl][Ni+][Cl]. The minimum absolute atomic E-state index is 0.213. The van der Waals surface area contributed by atoms with Crippen LogP contribution in [0.15, 0.2) is 60.7 Å². The van der Waals surface area contributed by atoms with Gasteiger partial charge in [0.2, 0.25) is 0 Å². The molecule has 2 aromatic carbocycles. The van der Waals surface area contributed by atoms with E-state index >= 15 is 0 Å². The van der Waals surface area contributed by atoms with Crippen LogP contribution in [0.5, 0.6) is 0 Å². The maximum absolute atomic E-state index is 4.70. The van der Waals surface area contributed by atoms with Gasteiger partial charge in [-0.05, 0) is 18.5 Å². The van der Waals surface area contributed by atoms with Crippen LogP contribution in [0.1, 0.15) is 6.42 Å². The molecule has 0 spiro atoms. The van der Waals surface area contributed by atoms with Gasteiger partial charge in [-0.1, -0.05) is 66.8 Å². The van der Waals surface area contributed by atoms with Gasteiger partial charge < -0.3 is 6.92 Å². The molecule has 0 nitrogen and oxygen atoms in total. The van der Waals surface area contributed by atoms with Gasteiger partial charge >= 0.3 is 33.0 Å². The van der Waals surface area contributed by atoms with Gasteiger partial charge in [0.05, 0.1) is 0 Å². The molecule has 0 aliphatic heterocycles. The van der Waals surface area contributed by atoms with E-state index in [9.17, 15) is 0 Å². The summed E-state index contributed by atoms with van der Waals surface area (Å²) in [6.07, 6.45) is 2.17. The van der Waals surface area contributed by atoms with Crippen LogP contribution < -0.4 is 10.6 Å². The molecule has 0 amide bonds. The molecule has 0 aromatic heterocycles. The van der Waals surface area contributed by atoms with E-state index in [-0.39, 0.29) is 7.92 Å². The molecule has 0 unspecified atom stereocenters. The van der Waals surface area contributed by atoms with Crippen molar-refractivity contribution in [2.75, 3.05) is 6.16 Å². The van der Waals surface area contributed by atoms with Crippen LogP contribution in [-0.4, -0.2) is 6.16 Å². The Morgan fingerprint density at radius 2 is 1.21 bits per heavy atom. The van der Waals surface area contributed by atoms with Crippen molar-refractivity contribution < 1.29 is 12.7 Å². The summed E-state index contributed by atoms with van der Waals surface area (Å²) in [7, 11) is 9.19. The van der Waals surface area contributed by atoms with Gasteiger partial charge in [-0.2, -0.15) is 6.42 Å². The Balaban J connectivity index is 0.000000550. The zero-order valence-electron chi connectivity index (χ0n) is 10.4. The molecule has 0 radical (unpaired) electrons. The third-order valence-corrected chi connectivity index (χ3v) is 5.12. The topological polar surface area (TPSA) is 0 Å². The molecular weight excluding hydrogens is 341 g/mol. The summed E-state index contributed by atoms with van der Waals surface area (Å²) in [5, 5.41) is 2.90. The second-order valence-corrected chi connectivity index (χ2v) is 7.69. The van der Waals surface area contributed by atoms with Crippen molar-refractivity contribution in [1.29, 1.82) is 0 Å². The molecular formula is C15H16Cl2NiP. The van der Waals surface area contributed by atoms with Crippen molar-refractivity contribution in [3.8, 4) is 0 Å². The number of hydrogen-bond acceptors (Lipinski definition) is 0. The maximum atomic E-state index is 4.70. The Morgan fingerprint density at radius 1 is 0.842 bits per heavy atom. The van der Waals surface area contributed by atoms with E-state index in [0.29, 0.717) is 12.7 Å². The Bertz CT molecular complexity index is 397. The number of rotatable bonds is 4. The molecule has 0 saturated carbocycles. The first-order valence-electron chi connectivity index (χ1n) is 5.82. The second kappa shape index (κ2) is 10.7. The van der Waals surface area contributed by atoms with Crippen molar-refractivity contribution in [3.05, 3.63) is 67.6 Å². The van der Waals surface area contributed by atoms with Crippen LogP contribution in [0.25, 0.3) is 0 Å². The molecule has 2 aromatic rings. The van der Waals surface area contributed by atoms with Crippen LogP contribution >= 0.6 is 28.3 Å². The molecule has 0 saturated heterocycles. The molecule has 19 heavy (non-hydrogen) atoms. The first-order chi connectivity index (χ1) is 9.33. The van der Waals surface area contributed by atoms with Crippen molar-refractivity contribution in [2.45, 2.75) is 6.42 Å². The second-order valence-electron chi connectivity index (χ2n) is 3.72. The van der Waals surface area contributed by atoms with Gasteiger partial charge in [0.25, 0.3) is 0 Å².